The molecule has 2 N–H and O–H groups in total. The van der Waals surface area contributed by atoms with E-state index >= 15 is 0 Å². The number of para-hydroxylation sites is 1. The van der Waals surface area contributed by atoms with E-state index in [1.807, 2.05) is 6.07 Å². The molecule has 0 spiro atoms. The molecule has 1 saturated heterocycles. The van der Waals surface area contributed by atoms with E-state index in [4.69, 9.17) is 4.74 Å². The molecule has 1 atom stereocenters. The van der Waals surface area contributed by atoms with Gasteiger partial charge < -0.3 is 15.4 Å². The summed E-state index contributed by atoms with van der Waals surface area (Å²) in [7, 11) is -2.91. The molecule has 0 aliphatic carbocycles. The third-order valence-corrected chi connectivity index (χ3v) is 5.64. The molecule has 6 nitrogen and oxygen atoms in total. The smallest absolute Gasteiger partial charge is 0.255 e. The number of nitrogens with one attached hydrogen (secondary N) is 2. The van der Waals surface area contributed by atoms with Crippen molar-refractivity contribution in [3.63, 3.8) is 0 Å². The minimum atomic E-state index is -2.91. The Morgan fingerprint density at radius 3 is 3.05 bits per heavy atom. The summed E-state index contributed by atoms with van der Waals surface area (Å²) in [5, 5.41) is 6.00. The normalized spacial score (nSPS) is 22.8. The Morgan fingerprint density at radius 1 is 1.43 bits per heavy atom. The van der Waals surface area contributed by atoms with Gasteiger partial charge in [-0.3, -0.25) is 4.79 Å². The van der Waals surface area contributed by atoms with Crippen molar-refractivity contribution in [3.05, 3.63) is 23.8 Å². The van der Waals surface area contributed by atoms with Crippen LogP contribution in [-0.4, -0.2) is 45.5 Å². The number of benzene rings is 1. The number of amides is 1. The fourth-order valence-electron chi connectivity index (χ4n) is 2.71. The average Bonchev–Trinajstić information content (AvgIpc) is 2.83. The maximum atomic E-state index is 12.3. The molecule has 7 heteroatoms. The van der Waals surface area contributed by atoms with Crippen LogP contribution in [0.4, 0.5) is 5.69 Å². The van der Waals surface area contributed by atoms with Gasteiger partial charge in [0.25, 0.3) is 5.91 Å². The maximum absolute atomic E-state index is 12.3. The molecule has 1 amide bonds. The quantitative estimate of drug-likeness (QED) is 0.856. The molecule has 0 saturated carbocycles. The van der Waals surface area contributed by atoms with Gasteiger partial charge >= 0.3 is 0 Å². The van der Waals surface area contributed by atoms with Crippen LogP contribution in [-0.2, 0) is 9.84 Å². The van der Waals surface area contributed by atoms with E-state index in [2.05, 4.69) is 10.6 Å². The molecule has 1 aromatic carbocycles. The Balaban J connectivity index is 1.66. The van der Waals surface area contributed by atoms with Crippen LogP contribution in [0.3, 0.4) is 0 Å². The van der Waals surface area contributed by atoms with Crippen molar-refractivity contribution in [2.24, 2.45) is 5.92 Å². The molecule has 114 valence electrons. The zero-order chi connectivity index (χ0) is 14.9. The predicted molar refractivity (Wildman–Crippen MR) is 79.5 cm³/mol. The van der Waals surface area contributed by atoms with Gasteiger partial charge in [-0.15, -0.1) is 0 Å². The van der Waals surface area contributed by atoms with Crippen molar-refractivity contribution in [3.8, 4) is 5.75 Å². The van der Waals surface area contributed by atoms with E-state index in [0.717, 1.165) is 12.2 Å². The van der Waals surface area contributed by atoms with Gasteiger partial charge in [0.05, 0.1) is 22.8 Å². The second-order valence-electron chi connectivity index (χ2n) is 5.44. The van der Waals surface area contributed by atoms with E-state index in [9.17, 15) is 13.2 Å². The van der Waals surface area contributed by atoms with E-state index in [0.29, 0.717) is 30.9 Å². The molecule has 2 heterocycles. The lowest BCUT2D eigenvalue weighted by molar-refractivity contribution is 0.0944. The first-order valence-electron chi connectivity index (χ1n) is 7.03. The number of fused-ring (bicyclic) bond motifs is 1. The van der Waals surface area contributed by atoms with E-state index in [1.54, 1.807) is 12.1 Å². The highest BCUT2D eigenvalue weighted by Gasteiger charge is 2.28. The Labute approximate surface area is 123 Å². The Kier molecular flexibility index (Phi) is 3.75. The number of hydrogen-bond acceptors (Lipinski definition) is 5. The van der Waals surface area contributed by atoms with Gasteiger partial charge in [-0.1, -0.05) is 6.07 Å². The molecule has 2 aliphatic heterocycles. The van der Waals surface area contributed by atoms with Crippen molar-refractivity contribution in [1.29, 1.82) is 0 Å². The highest BCUT2D eigenvalue weighted by Crippen LogP contribution is 2.31. The van der Waals surface area contributed by atoms with Crippen LogP contribution in [0.5, 0.6) is 5.75 Å². The summed E-state index contributed by atoms with van der Waals surface area (Å²) in [6.45, 7) is 1.63. The first-order chi connectivity index (χ1) is 10.1. The van der Waals surface area contributed by atoms with Gasteiger partial charge in [0.1, 0.15) is 6.61 Å². The van der Waals surface area contributed by atoms with Crippen LogP contribution in [0.25, 0.3) is 0 Å². The van der Waals surface area contributed by atoms with Crippen LogP contribution >= 0.6 is 0 Å². The van der Waals surface area contributed by atoms with Crippen LogP contribution < -0.4 is 15.4 Å². The van der Waals surface area contributed by atoms with Gasteiger partial charge in [0.2, 0.25) is 0 Å². The van der Waals surface area contributed by atoms with Gasteiger partial charge in [0, 0.05) is 13.1 Å². The second kappa shape index (κ2) is 5.55. The number of ether oxygens (including phenoxy) is 1. The predicted octanol–water partition coefficient (Wildman–Crippen LogP) is 0.655. The van der Waals surface area contributed by atoms with Gasteiger partial charge in [-0.2, -0.15) is 0 Å². The zero-order valence-corrected chi connectivity index (χ0v) is 12.4. The summed E-state index contributed by atoms with van der Waals surface area (Å²) in [5.74, 6) is 0.747. The Morgan fingerprint density at radius 2 is 2.29 bits per heavy atom. The molecule has 0 bridgehead atoms. The van der Waals surface area contributed by atoms with E-state index in [-0.39, 0.29) is 23.3 Å². The molecule has 1 unspecified atom stereocenters. The lowest BCUT2D eigenvalue weighted by atomic mass is 10.1. The lowest BCUT2D eigenvalue weighted by Gasteiger charge is -2.21. The SMILES string of the molecule is O=C(NCC1CCS(=O)(=O)C1)c1cccc2c1OCCN2. The Bertz CT molecular complexity index is 657. The van der Waals surface area contributed by atoms with E-state index < -0.39 is 9.84 Å². The molecular formula is C14H18N2O4S. The topological polar surface area (TPSA) is 84.5 Å². The van der Waals surface area contributed by atoms with Gasteiger partial charge in [0.15, 0.2) is 15.6 Å². The summed E-state index contributed by atoms with van der Waals surface area (Å²) in [5.41, 5.74) is 1.30. The van der Waals surface area contributed by atoms with Crippen molar-refractivity contribution < 1.29 is 17.9 Å². The van der Waals surface area contributed by atoms with Crippen LogP contribution in [0.2, 0.25) is 0 Å². The van der Waals surface area contributed by atoms with E-state index in [1.165, 1.54) is 0 Å². The van der Waals surface area contributed by atoms with Crippen molar-refractivity contribution in [2.75, 3.05) is 36.5 Å². The highest BCUT2D eigenvalue weighted by molar-refractivity contribution is 7.91. The lowest BCUT2D eigenvalue weighted by Crippen LogP contribution is -2.31. The summed E-state index contributed by atoms with van der Waals surface area (Å²) >= 11 is 0. The molecule has 2 aliphatic rings. The standard InChI is InChI=1S/C14H18N2O4S/c17-14(16-8-10-4-7-21(18,19)9-10)11-2-1-3-12-13(11)20-6-5-15-12/h1-3,10,15H,4-9H2,(H,16,17). The second-order valence-corrected chi connectivity index (χ2v) is 7.67. The minimum Gasteiger partial charge on any atom is -0.489 e. The van der Waals surface area contributed by atoms with Gasteiger partial charge in [-0.25, -0.2) is 8.42 Å². The van der Waals surface area contributed by atoms with Crippen LogP contribution in [0.15, 0.2) is 18.2 Å². The number of carbonyl (C=O) groups excluding carboxylic acids is 1. The van der Waals surface area contributed by atoms with Crippen LogP contribution in [0.1, 0.15) is 16.8 Å². The number of hydrogen-bond donors (Lipinski definition) is 2. The minimum absolute atomic E-state index is 0.0116. The zero-order valence-electron chi connectivity index (χ0n) is 11.6. The third kappa shape index (κ3) is 3.12. The maximum Gasteiger partial charge on any atom is 0.255 e. The number of anilines is 1. The molecule has 1 aromatic rings. The molecule has 1 fully saturated rings. The average molecular weight is 310 g/mol. The first-order valence-corrected chi connectivity index (χ1v) is 8.85. The monoisotopic (exact) mass is 310 g/mol. The van der Waals surface area contributed by atoms with Crippen LogP contribution in [0, 0.1) is 5.92 Å². The molecule has 0 radical (unpaired) electrons. The fourth-order valence-corrected chi connectivity index (χ4v) is 4.58. The summed E-state index contributed by atoms with van der Waals surface area (Å²) in [6, 6.07) is 5.39. The van der Waals surface area contributed by atoms with Crippen molar-refractivity contribution in [1.82, 2.24) is 5.32 Å². The summed E-state index contributed by atoms with van der Waals surface area (Å²) in [6.07, 6.45) is 0.619. The molecule has 3 rings (SSSR count). The molecular weight excluding hydrogens is 292 g/mol. The number of carbonyl (C=O) groups is 1. The molecule has 21 heavy (non-hydrogen) atoms. The largest absolute Gasteiger partial charge is 0.489 e. The third-order valence-electron chi connectivity index (χ3n) is 3.80. The molecule has 0 aromatic heterocycles. The van der Waals surface area contributed by atoms with Gasteiger partial charge in [-0.05, 0) is 24.5 Å². The summed E-state index contributed by atoms with van der Waals surface area (Å²) in [4.78, 5) is 12.3. The van der Waals surface area contributed by atoms with Crippen molar-refractivity contribution in [2.45, 2.75) is 6.42 Å². The van der Waals surface area contributed by atoms with Crippen molar-refractivity contribution >= 4 is 21.4 Å². The summed E-state index contributed by atoms with van der Waals surface area (Å²) < 4.78 is 28.4. The fraction of sp³-hybridized carbons (Fsp3) is 0.500. The first kappa shape index (κ1) is 14.2. The highest BCUT2D eigenvalue weighted by atomic mass is 32.2. The number of rotatable bonds is 3. The Hall–Kier alpha value is -1.76. The number of sulfone groups is 1.